The van der Waals surface area contributed by atoms with Crippen molar-refractivity contribution in [2.24, 2.45) is 11.8 Å². The van der Waals surface area contributed by atoms with Crippen LogP contribution in [-0.2, 0) is 0 Å². The molecular weight excluding hydrogens is 208 g/mol. The zero-order valence-corrected chi connectivity index (χ0v) is 10.7. The highest BCUT2D eigenvalue weighted by Gasteiger charge is 2.30. The molecule has 0 aliphatic heterocycles. The summed E-state index contributed by atoms with van der Waals surface area (Å²) in [6.45, 7) is 7.69. The summed E-state index contributed by atoms with van der Waals surface area (Å²) in [5.74, 6) is 0.471. The van der Waals surface area contributed by atoms with Gasteiger partial charge in [0.05, 0.1) is 12.2 Å². The summed E-state index contributed by atoms with van der Waals surface area (Å²) in [5, 5.41) is 38.6. The van der Waals surface area contributed by atoms with E-state index in [0.29, 0.717) is 12.8 Å². The van der Waals surface area contributed by atoms with Crippen molar-refractivity contribution in [3.05, 3.63) is 0 Å². The van der Waals surface area contributed by atoms with Crippen molar-refractivity contribution in [1.82, 2.24) is 0 Å². The minimum Gasteiger partial charge on any atom is -0.390 e. The summed E-state index contributed by atoms with van der Waals surface area (Å²) in [7, 11) is 0. The molecule has 0 aliphatic carbocycles. The molecule has 0 aromatic rings. The average molecular weight is 234 g/mol. The number of aliphatic hydroxyl groups is 4. The van der Waals surface area contributed by atoms with Gasteiger partial charge in [-0.15, -0.1) is 0 Å². The van der Waals surface area contributed by atoms with Crippen molar-refractivity contribution in [2.75, 3.05) is 0 Å². The molecule has 4 nitrogen and oxygen atoms in total. The summed E-state index contributed by atoms with van der Waals surface area (Å²) in [6, 6.07) is 0. The van der Waals surface area contributed by atoms with Gasteiger partial charge in [-0.1, -0.05) is 27.7 Å². The topological polar surface area (TPSA) is 80.9 Å². The molecule has 0 aromatic heterocycles. The first-order chi connectivity index (χ1) is 7.25. The van der Waals surface area contributed by atoms with Gasteiger partial charge in [0, 0.05) is 0 Å². The fraction of sp³-hybridized carbons (Fsp3) is 1.00. The molecule has 0 aromatic carbocycles. The van der Waals surface area contributed by atoms with E-state index in [0.717, 1.165) is 0 Å². The fourth-order valence-corrected chi connectivity index (χ4v) is 1.70. The zero-order chi connectivity index (χ0) is 12.9. The molecule has 4 N–H and O–H groups in total. The summed E-state index contributed by atoms with van der Waals surface area (Å²) in [6.07, 6.45) is -3.72. The van der Waals surface area contributed by atoms with E-state index >= 15 is 0 Å². The number of aliphatic hydroxyl groups excluding tert-OH is 4. The van der Waals surface area contributed by atoms with Crippen LogP contribution in [0.5, 0.6) is 0 Å². The lowest BCUT2D eigenvalue weighted by molar-refractivity contribution is -0.112. The third kappa shape index (κ3) is 5.80. The van der Waals surface area contributed by atoms with E-state index in [1.54, 1.807) is 0 Å². The standard InChI is InChI=1S/C12H26O4/c1-7(2)5-9(13)11(15)12(16)10(14)6-8(3)4/h7-16H,5-6H2,1-4H3/t9-,10?,11-,12-/m1/s1. The van der Waals surface area contributed by atoms with E-state index < -0.39 is 24.4 Å². The predicted octanol–water partition coefficient (Wildman–Crippen LogP) is 0.522. The SMILES string of the molecule is CC(C)CC(O)[C@@H](O)[C@H](O)[C@H](O)CC(C)C. The molecule has 98 valence electrons. The van der Waals surface area contributed by atoms with Crippen molar-refractivity contribution in [2.45, 2.75) is 65.0 Å². The van der Waals surface area contributed by atoms with E-state index in [-0.39, 0.29) is 11.8 Å². The lowest BCUT2D eigenvalue weighted by atomic mass is 9.93. The van der Waals surface area contributed by atoms with E-state index in [1.165, 1.54) is 0 Å². The van der Waals surface area contributed by atoms with Gasteiger partial charge >= 0.3 is 0 Å². The Morgan fingerprint density at radius 3 is 1.06 bits per heavy atom. The van der Waals surface area contributed by atoms with Gasteiger partial charge in [-0.25, -0.2) is 0 Å². The molecule has 0 aliphatic rings. The number of hydrogen-bond acceptors (Lipinski definition) is 4. The van der Waals surface area contributed by atoms with Gasteiger partial charge < -0.3 is 20.4 Å². The molecule has 4 atom stereocenters. The molecule has 0 spiro atoms. The zero-order valence-electron chi connectivity index (χ0n) is 10.7. The molecule has 0 heterocycles. The van der Waals surface area contributed by atoms with Crippen LogP contribution < -0.4 is 0 Å². The third-order valence-electron chi connectivity index (χ3n) is 2.56. The first-order valence-electron chi connectivity index (χ1n) is 5.98. The van der Waals surface area contributed by atoms with Crippen LogP contribution in [0.4, 0.5) is 0 Å². The molecule has 0 bridgehead atoms. The van der Waals surface area contributed by atoms with Crippen molar-refractivity contribution in [1.29, 1.82) is 0 Å². The highest BCUT2D eigenvalue weighted by atomic mass is 16.4. The second kappa shape index (κ2) is 7.22. The molecule has 16 heavy (non-hydrogen) atoms. The highest BCUT2D eigenvalue weighted by molar-refractivity contribution is 4.81. The van der Waals surface area contributed by atoms with Gasteiger partial charge in [0.2, 0.25) is 0 Å². The minimum atomic E-state index is -1.28. The first kappa shape index (κ1) is 15.8. The van der Waals surface area contributed by atoms with Gasteiger partial charge in [-0.05, 0) is 24.7 Å². The smallest absolute Gasteiger partial charge is 0.108 e. The fourth-order valence-electron chi connectivity index (χ4n) is 1.70. The van der Waals surface area contributed by atoms with Crippen LogP contribution in [0.3, 0.4) is 0 Å². The van der Waals surface area contributed by atoms with Crippen LogP contribution in [0.2, 0.25) is 0 Å². The Balaban J connectivity index is 4.19. The molecule has 0 fully saturated rings. The monoisotopic (exact) mass is 234 g/mol. The number of rotatable bonds is 7. The summed E-state index contributed by atoms with van der Waals surface area (Å²) >= 11 is 0. The van der Waals surface area contributed by atoms with Crippen LogP contribution in [-0.4, -0.2) is 44.8 Å². The quantitative estimate of drug-likeness (QED) is 0.518. The van der Waals surface area contributed by atoms with E-state index in [1.807, 2.05) is 27.7 Å². The summed E-state index contributed by atoms with van der Waals surface area (Å²) in [4.78, 5) is 0. The second-order valence-electron chi connectivity index (χ2n) is 5.37. The normalized spacial score (nSPS) is 19.9. The van der Waals surface area contributed by atoms with Gasteiger partial charge in [0.1, 0.15) is 12.2 Å². The van der Waals surface area contributed by atoms with Gasteiger partial charge in [-0.2, -0.15) is 0 Å². The third-order valence-corrected chi connectivity index (χ3v) is 2.56. The lowest BCUT2D eigenvalue weighted by Crippen LogP contribution is -2.45. The van der Waals surface area contributed by atoms with Crippen molar-refractivity contribution >= 4 is 0 Å². The Bertz CT molecular complexity index is 162. The second-order valence-corrected chi connectivity index (χ2v) is 5.37. The Morgan fingerprint density at radius 2 is 0.875 bits per heavy atom. The maximum Gasteiger partial charge on any atom is 0.108 e. The average Bonchev–Trinajstić information content (AvgIpc) is 2.13. The molecule has 1 unspecified atom stereocenters. The first-order valence-corrected chi connectivity index (χ1v) is 5.98. The number of hydrogen-bond donors (Lipinski definition) is 4. The molecule has 0 saturated heterocycles. The van der Waals surface area contributed by atoms with E-state index in [4.69, 9.17) is 0 Å². The van der Waals surface area contributed by atoms with Crippen LogP contribution in [0.25, 0.3) is 0 Å². The van der Waals surface area contributed by atoms with Crippen LogP contribution >= 0.6 is 0 Å². The van der Waals surface area contributed by atoms with Crippen LogP contribution in [0.1, 0.15) is 40.5 Å². The van der Waals surface area contributed by atoms with Crippen LogP contribution in [0.15, 0.2) is 0 Å². The predicted molar refractivity (Wildman–Crippen MR) is 62.9 cm³/mol. The van der Waals surface area contributed by atoms with E-state index in [9.17, 15) is 20.4 Å². The Morgan fingerprint density at radius 1 is 0.625 bits per heavy atom. The summed E-state index contributed by atoms with van der Waals surface area (Å²) in [5.41, 5.74) is 0. The lowest BCUT2D eigenvalue weighted by Gasteiger charge is -2.28. The Labute approximate surface area is 97.9 Å². The minimum absolute atomic E-state index is 0.235. The van der Waals surface area contributed by atoms with Gasteiger partial charge in [0.25, 0.3) is 0 Å². The molecular formula is C12H26O4. The largest absolute Gasteiger partial charge is 0.390 e. The van der Waals surface area contributed by atoms with Crippen molar-refractivity contribution in [3.63, 3.8) is 0 Å². The van der Waals surface area contributed by atoms with Crippen LogP contribution in [0, 0.1) is 11.8 Å². The maximum absolute atomic E-state index is 9.66. The van der Waals surface area contributed by atoms with Crippen molar-refractivity contribution < 1.29 is 20.4 Å². The van der Waals surface area contributed by atoms with Gasteiger partial charge in [-0.3, -0.25) is 0 Å². The molecule has 0 rings (SSSR count). The highest BCUT2D eigenvalue weighted by Crippen LogP contribution is 2.16. The molecule has 0 amide bonds. The summed E-state index contributed by atoms with van der Waals surface area (Å²) < 4.78 is 0. The Hall–Kier alpha value is -0.160. The molecule has 0 saturated carbocycles. The maximum atomic E-state index is 9.66. The van der Waals surface area contributed by atoms with Gasteiger partial charge in [0.15, 0.2) is 0 Å². The molecule has 0 radical (unpaired) electrons. The molecule has 4 heteroatoms. The van der Waals surface area contributed by atoms with E-state index in [2.05, 4.69) is 0 Å². The van der Waals surface area contributed by atoms with Crippen molar-refractivity contribution in [3.8, 4) is 0 Å². The Kier molecular flexibility index (Phi) is 7.15.